The third kappa shape index (κ3) is 10.3. The number of nitrogens with zero attached hydrogens (tertiary/aromatic N) is 1. The van der Waals surface area contributed by atoms with E-state index in [1.807, 2.05) is 19.9 Å². The van der Waals surface area contributed by atoms with E-state index in [0.717, 1.165) is 22.8 Å². The maximum atomic E-state index is 5.86. The predicted octanol–water partition coefficient (Wildman–Crippen LogP) is 4.43. The summed E-state index contributed by atoms with van der Waals surface area (Å²) in [6.07, 6.45) is 0.236. The van der Waals surface area contributed by atoms with Gasteiger partial charge in [-0.3, -0.25) is 4.99 Å². The van der Waals surface area contributed by atoms with Gasteiger partial charge in [-0.1, -0.05) is 36.4 Å². The van der Waals surface area contributed by atoms with Gasteiger partial charge in [0, 0.05) is 32.8 Å². The molecule has 2 aromatic carbocycles. The lowest BCUT2D eigenvalue weighted by Gasteiger charge is -2.15. The normalized spacial score (nSPS) is 11.2. The molecule has 0 aliphatic carbocycles. The molecule has 6 nitrogen and oxygen atoms in total. The van der Waals surface area contributed by atoms with Crippen molar-refractivity contribution >= 4 is 29.9 Å². The number of nitrogens with one attached hydrogen (secondary N) is 2. The first-order valence-corrected chi connectivity index (χ1v) is 10.4. The van der Waals surface area contributed by atoms with Gasteiger partial charge >= 0.3 is 0 Å². The molecule has 2 N–H and O–H groups in total. The average molecular weight is 541 g/mol. The van der Waals surface area contributed by atoms with Gasteiger partial charge in [0.15, 0.2) is 5.96 Å². The third-order valence-corrected chi connectivity index (χ3v) is 4.50. The largest absolute Gasteiger partial charge is 0.491 e. The second-order valence-electron chi connectivity index (χ2n) is 7.41. The maximum Gasteiger partial charge on any atom is 0.191 e. The second-order valence-corrected chi connectivity index (χ2v) is 7.41. The Morgan fingerprint density at radius 1 is 0.968 bits per heavy atom. The van der Waals surface area contributed by atoms with Crippen LogP contribution in [0.25, 0.3) is 0 Å². The van der Waals surface area contributed by atoms with Gasteiger partial charge in [-0.05, 0) is 43.5 Å². The van der Waals surface area contributed by atoms with Crippen molar-refractivity contribution in [1.82, 2.24) is 10.6 Å². The fourth-order valence-electron chi connectivity index (χ4n) is 2.78. The number of hydrogen-bond donors (Lipinski definition) is 2. The zero-order chi connectivity index (χ0) is 21.8. The van der Waals surface area contributed by atoms with Crippen LogP contribution in [-0.4, -0.2) is 39.4 Å². The molecular formula is C24H36IN3O3. The number of aliphatic imine (C=N–C) groups is 1. The zero-order valence-electron chi connectivity index (χ0n) is 19.2. The van der Waals surface area contributed by atoms with Gasteiger partial charge in [-0.2, -0.15) is 0 Å². The van der Waals surface area contributed by atoms with Gasteiger partial charge in [0.1, 0.15) is 12.4 Å². The van der Waals surface area contributed by atoms with Crippen LogP contribution in [-0.2, 0) is 29.2 Å². The minimum Gasteiger partial charge on any atom is -0.491 e. The summed E-state index contributed by atoms with van der Waals surface area (Å²) < 4.78 is 16.6. The third-order valence-electron chi connectivity index (χ3n) is 4.50. The highest BCUT2D eigenvalue weighted by atomic mass is 127. The standard InChI is InChI=1S/C24H35N3O3.HI/c1-18(2)30-17-21-9-7-20(8-10-21)15-26-24(25-4)27-16-22-11-6-19(3)14-23(22)29-13-12-28-5;/h6-11,14,18H,12-13,15-17H2,1-5H3,(H2,25,26,27);1H. The first-order chi connectivity index (χ1) is 14.5. The minimum atomic E-state index is 0. The van der Waals surface area contributed by atoms with Crippen molar-refractivity contribution in [3.05, 3.63) is 64.7 Å². The molecule has 0 aromatic heterocycles. The molecule has 0 amide bonds. The summed E-state index contributed by atoms with van der Waals surface area (Å²) in [6, 6.07) is 14.6. The van der Waals surface area contributed by atoms with Crippen LogP contribution in [0.1, 0.15) is 36.1 Å². The van der Waals surface area contributed by atoms with Gasteiger partial charge in [0.2, 0.25) is 0 Å². The second kappa shape index (κ2) is 15.0. The minimum absolute atomic E-state index is 0. The summed E-state index contributed by atoms with van der Waals surface area (Å²) in [4.78, 5) is 4.32. The van der Waals surface area contributed by atoms with Crippen molar-refractivity contribution in [2.45, 2.75) is 46.6 Å². The molecule has 172 valence electrons. The molecule has 0 radical (unpaired) electrons. The molecule has 0 heterocycles. The summed E-state index contributed by atoms with van der Waals surface area (Å²) in [7, 11) is 3.44. The molecule has 0 atom stereocenters. The lowest BCUT2D eigenvalue weighted by atomic mass is 10.1. The van der Waals surface area contributed by atoms with Crippen molar-refractivity contribution < 1.29 is 14.2 Å². The van der Waals surface area contributed by atoms with E-state index in [1.165, 1.54) is 11.1 Å². The summed E-state index contributed by atoms with van der Waals surface area (Å²) in [5.41, 5.74) is 4.60. The van der Waals surface area contributed by atoms with Crippen LogP contribution in [0.3, 0.4) is 0 Å². The van der Waals surface area contributed by atoms with Gasteiger partial charge in [0.25, 0.3) is 0 Å². The van der Waals surface area contributed by atoms with Crippen LogP contribution in [0, 0.1) is 6.92 Å². The lowest BCUT2D eigenvalue weighted by Crippen LogP contribution is -2.36. The van der Waals surface area contributed by atoms with Crippen LogP contribution in [0.5, 0.6) is 5.75 Å². The van der Waals surface area contributed by atoms with Crippen molar-refractivity contribution in [3.63, 3.8) is 0 Å². The first kappa shape index (κ1) is 27.2. The number of hydrogen-bond acceptors (Lipinski definition) is 4. The fourth-order valence-corrected chi connectivity index (χ4v) is 2.78. The highest BCUT2D eigenvalue weighted by molar-refractivity contribution is 14.0. The van der Waals surface area contributed by atoms with E-state index in [9.17, 15) is 0 Å². The summed E-state index contributed by atoms with van der Waals surface area (Å²) in [5, 5.41) is 6.71. The van der Waals surface area contributed by atoms with E-state index in [2.05, 4.69) is 58.9 Å². The van der Waals surface area contributed by atoms with Crippen molar-refractivity contribution in [3.8, 4) is 5.75 Å². The highest BCUT2D eigenvalue weighted by Gasteiger charge is 2.06. The molecule has 0 aliphatic rings. The van der Waals surface area contributed by atoms with E-state index in [0.29, 0.717) is 32.9 Å². The summed E-state index contributed by atoms with van der Waals surface area (Å²) in [5.74, 6) is 1.61. The molecule has 0 unspecified atom stereocenters. The molecule has 0 saturated carbocycles. The first-order valence-electron chi connectivity index (χ1n) is 10.4. The number of benzene rings is 2. The Balaban J connectivity index is 0.00000480. The average Bonchev–Trinajstić information content (AvgIpc) is 2.74. The number of methoxy groups -OCH3 is 1. The molecule has 2 aromatic rings. The molecule has 7 heteroatoms. The fraction of sp³-hybridized carbons (Fsp3) is 0.458. The van der Waals surface area contributed by atoms with Gasteiger partial charge in [0.05, 0.1) is 19.3 Å². The highest BCUT2D eigenvalue weighted by Crippen LogP contribution is 2.20. The van der Waals surface area contributed by atoms with E-state index in [4.69, 9.17) is 14.2 Å². The number of halogens is 1. The van der Waals surface area contributed by atoms with E-state index in [-0.39, 0.29) is 30.1 Å². The van der Waals surface area contributed by atoms with Gasteiger partial charge in [-0.25, -0.2) is 0 Å². The monoisotopic (exact) mass is 541 g/mol. The van der Waals surface area contributed by atoms with Gasteiger partial charge < -0.3 is 24.8 Å². The number of ether oxygens (including phenoxy) is 3. The molecule has 0 aliphatic heterocycles. The topological polar surface area (TPSA) is 64.1 Å². The van der Waals surface area contributed by atoms with Crippen molar-refractivity contribution in [1.29, 1.82) is 0 Å². The predicted molar refractivity (Wildman–Crippen MR) is 137 cm³/mol. The smallest absolute Gasteiger partial charge is 0.191 e. The van der Waals surface area contributed by atoms with Crippen molar-refractivity contribution in [2.24, 2.45) is 4.99 Å². The Bertz CT molecular complexity index is 795. The Hall–Kier alpha value is -1.84. The van der Waals surface area contributed by atoms with Crippen LogP contribution >= 0.6 is 24.0 Å². The van der Waals surface area contributed by atoms with Crippen LogP contribution in [0.15, 0.2) is 47.5 Å². The Labute approximate surface area is 203 Å². The molecule has 2 rings (SSSR count). The van der Waals surface area contributed by atoms with Gasteiger partial charge in [-0.15, -0.1) is 24.0 Å². The molecule has 0 saturated heterocycles. The van der Waals surface area contributed by atoms with E-state index in [1.54, 1.807) is 14.2 Å². The molecule has 0 fully saturated rings. The van der Waals surface area contributed by atoms with Crippen molar-refractivity contribution in [2.75, 3.05) is 27.4 Å². The molecule has 31 heavy (non-hydrogen) atoms. The number of rotatable bonds is 11. The SMILES string of the molecule is CN=C(NCc1ccc(COC(C)C)cc1)NCc1ccc(C)cc1OCCOC.I. The lowest BCUT2D eigenvalue weighted by molar-refractivity contribution is 0.0657. The molecule has 0 spiro atoms. The maximum absolute atomic E-state index is 5.86. The zero-order valence-corrected chi connectivity index (χ0v) is 21.6. The number of guanidine groups is 1. The summed E-state index contributed by atoms with van der Waals surface area (Å²) in [6.45, 7) is 9.18. The van der Waals surface area contributed by atoms with Crippen LogP contribution < -0.4 is 15.4 Å². The number of aryl methyl sites for hydroxylation is 1. The Kier molecular flexibility index (Phi) is 13.2. The molecule has 0 bridgehead atoms. The Morgan fingerprint density at radius 2 is 1.65 bits per heavy atom. The van der Waals surface area contributed by atoms with E-state index < -0.39 is 0 Å². The quantitative estimate of drug-likeness (QED) is 0.191. The van der Waals surface area contributed by atoms with Crippen LogP contribution in [0.4, 0.5) is 0 Å². The van der Waals surface area contributed by atoms with Crippen LogP contribution in [0.2, 0.25) is 0 Å². The van der Waals surface area contributed by atoms with E-state index >= 15 is 0 Å². The summed E-state index contributed by atoms with van der Waals surface area (Å²) >= 11 is 0. The Morgan fingerprint density at radius 3 is 2.29 bits per heavy atom. The molecular weight excluding hydrogens is 505 g/mol.